The highest BCUT2D eigenvalue weighted by Crippen LogP contribution is 2.39. The third kappa shape index (κ3) is 4.03. The van der Waals surface area contributed by atoms with E-state index >= 15 is 0 Å². The summed E-state index contributed by atoms with van der Waals surface area (Å²) < 4.78 is 45.3. The van der Waals surface area contributed by atoms with Crippen LogP contribution >= 0.6 is 0 Å². The second-order valence-corrected chi connectivity index (χ2v) is 7.32. The van der Waals surface area contributed by atoms with E-state index in [-0.39, 0.29) is 12.1 Å². The molecule has 0 saturated heterocycles. The summed E-state index contributed by atoms with van der Waals surface area (Å²) in [4.78, 5) is 25.0. The highest BCUT2D eigenvalue weighted by atomic mass is 19.4. The number of halogens is 3. The van der Waals surface area contributed by atoms with Gasteiger partial charge in [-0.15, -0.1) is 0 Å². The maximum absolute atomic E-state index is 12.9. The van der Waals surface area contributed by atoms with Crippen molar-refractivity contribution >= 4 is 23.3 Å². The van der Waals surface area contributed by atoms with Crippen molar-refractivity contribution in [2.24, 2.45) is 0 Å². The van der Waals surface area contributed by atoms with Crippen molar-refractivity contribution in [2.45, 2.75) is 25.6 Å². The lowest BCUT2D eigenvalue weighted by Gasteiger charge is -2.12. The zero-order valence-corrected chi connectivity index (χ0v) is 17.2. The fourth-order valence-corrected chi connectivity index (χ4v) is 3.65. The van der Waals surface area contributed by atoms with Gasteiger partial charge in [-0.1, -0.05) is 18.2 Å². The maximum Gasteiger partial charge on any atom is 0.416 e. The Bertz CT molecular complexity index is 1190. The largest absolute Gasteiger partial charge is 0.497 e. The maximum atomic E-state index is 12.9. The standard InChI is InChI=1S/C22H19F3N4O3/c1-12-19(13-6-8-16(32-2)9-7-13)20-27-21(31)17(29(20)28-12)11-18(30)26-15-5-3-4-14(10-15)22(23,24)25/h3-10,17H,11H2,1-2H3,(H,26,30)(H,27,31). The lowest BCUT2D eigenvalue weighted by atomic mass is 10.1. The quantitative estimate of drug-likeness (QED) is 0.611. The van der Waals surface area contributed by atoms with Crippen molar-refractivity contribution < 1.29 is 27.5 Å². The molecular formula is C22H19F3N4O3. The molecule has 0 saturated carbocycles. The minimum atomic E-state index is -4.52. The first kappa shape index (κ1) is 21.4. The van der Waals surface area contributed by atoms with Crippen LogP contribution in [0.2, 0.25) is 0 Å². The SMILES string of the molecule is COc1ccc(-c2c(C)nn3c2NC(=O)C3CC(=O)Nc2cccc(C(F)(F)F)c2)cc1. The van der Waals surface area contributed by atoms with Crippen molar-refractivity contribution in [1.29, 1.82) is 0 Å². The number of carbonyl (C=O) groups is 2. The molecule has 1 atom stereocenters. The Morgan fingerprint density at radius 2 is 1.94 bits per heavy atom. The Hall–Kier alpha value is -3.82. The summed E-state index contributed by atoms with van der Waals surface area (Å²) in [6.45, 7) is 1.79. The molecule has 1 aliphatic rings. The lowest BCUT2D eigenvalue weighted by molar-refractivity contribution is -0.137. The summed E-state index contributed by atoms with van der Waals surface area (Å²) in [5.74, 6) is 0.135. The van der Waals surface area contributed by atoms with Crippen LogP contribution in [0, 0.1) is 6.92 Å². The van der Waals surface area contributed by atoms with Gasteiger partial charge in [0.05, 0.1) is 24.8 Å². The zero-order chi connectivity index (χ0) is 23.0. The molecule has 0 aliphatic carbocycles. The second-order valence-electron chi connectivity index (χ2n) is 7.32. The third-order valence-electron chi connectivity index (χ3n) is 5.16. The summed E-state index contributed by atoms with van der Waals surface area (Å²) in [7, 11) is 1.56. The minimum absolute atomic E-state index is 0.000906. The zero-order valence-electron chi connectivity index (χ0n) is 17.2. The molecule has 32 heavy (non-hydrogen) atoms. The first-order chi connectivity index (χ1) is 15.2. The number of ether oxygens (including phenoxy) is 1. The number of aromatic nitrogens is 2. The van der Waals surface area contributed by atoms with Crippen LogP contribution in [0.3, 0.4) is 0 Å². The Balaban J connectivity index is 1.54. The van der Waals surface area contributed by atoms with Crippen LogP contribution in [0.25, 0.3) is 11.1 Å². The normalized spacial score (nSPS) is 15.3. The van der Waals surface area contributed by atoms with E-state index in [0.717, 1.165) is 23.3 Å². The number of carbonyl (C=O) groups excluding carboxylic acids is 2. The summed E-state index contributed by atoms with van der Waals surface area (Å²) in [5, 5.41) is 9.61. The van der Waals surface area contributed by atoms with E-state index in [2.05, 4.69) is 15.7 Å². The molecule has 1 aromatic heterocycles. The van der Waals surface area contributed by atoms with Gasteiger partial charge in [0, 0.05) is 11.3 Å². The van der Waals surface area contributed by atoms with Gasteiger partial charge in [-0.2, -0.15) is 18.3 Å². The number of nitrogens with one attached hydrogen (secondary N) is 2. The first-order valence-corrected chi connectivity index (χ1v) is 9.69. The number of hydrogen-bond acceptors (Lipinski definition) is 4. The van der Waals surface area contributed by atoms with Gasteiger partial charge in [0.25, 0.3) is 5.91 Å². The van der Waals surface area contributed by atoms with Crippen molar-refractivity contribution in [2.75, 3.05) is 17.7 Å². The average molecular weight is 444 g/mol. The number of amides is 2. The Morgan fingerprint density at radius 3 is 2.59 bits per heavy atom. The molecule has 0 radical (unpaired) electrons. The third-order valence-corrected chi connectivity index (χ3v) is 5.16. The van der Waals surface area contributed by atoms with Gasteiger partial charge in [0.15, 0.2) is 0 Å². The van der Waals surface area contributed by atoms with Crippen molar-refractivity contribution in [3.05, 3.63) is 59.8 Å². The molecule has 2 aromatic carbocycles. The number of aryl methyl sites for hydroxylation is 1. The highest BCUT2D eigenvalue weighted by Gasteiger charge is 2.36. The molecule has 0 bridgehead atoms. The number of nitrogens with zero attached hydrogens (tertiary/aromatic N) is 2. The van der Waals surface area contributed by atoms with Gasteiger partial charge in [0.1, 0.15) is 17.6 Å². The average Bonchev–Trinajstić information content (AvgIpc) is 3.21. The molecule has 0 spiro atoms. The number of benzene rings is 2. The number of fused-ring (bicyclic) bond motifs is 1. The number of alkyl halides is 3. The molecule has 2 amide bonds. The van der Waals surface area contributed by atoms with Crippen LogP contribution in [0.5, 0.6) is 5.75 Å². The van der Waals surface area contributed by atoms with Crippen LogP contribution in [0.15, 0.2) is 48.5 Å². The number of methoxy groups -OCH3 is 1. The Labute approximate surface area is 181 Å². The smallest absolute Gasteiger partial charge is 0.416 e. The first-order valence-electron chi connectivity index (χ1n) is 9.69. The van der Waals surface area contributed by atoms with Gasteiger partial charge in [-0.05, 0) is 42.8 Å². The van der Waals surface area contributed by atoms with Crippen LogP contribution in [-0.4, -0.2) is 28.7 Å². The van der Waals surface area contributed by atoms with Gasteiger partial charge in [-0.3, -0.25) is 9.59 Å². The number of hydrogen-bond donors (Lipinski definition) is 2. The highest BCUT2D eigenvalue weighted by molar-refractivity contribution is 6.04. The van der Waals surface area contributed by atoms with E-state index in [1.54, 1.807) is 26.2 Å². The molecule has 7 nitrogen and oxygen atoms in total. The molecule has 3 aromatic rings. The van der Waals surface area contributed by atoms with Crippen LogP contribution in [0.1, 0.15) is 23.7 Å². The molecule has 4 rings (SSSR count). The van der Waals surface area contributed by atoms with Crippen molar-refractivity contribution in [1.82, 2.24) is 9.78 Å². The van der Waals surface area contributed by atoms with E-state index in [1.807, 2.05) is 12.1 Å². The van der Waals surface area contributed by atoms with Gasteiger partial charge < -0.3 is 15.4 Å². The van der Waals surface area contributed by atoms with Gasteiger partial charge in [-0.25, -0.2) is 4.68 Å². The molecule has 1 aliphatic heterocycles. The molecule has 2 N–H and O–H groups in total. The summed E-state index contributed by atoms with van der Waals surface area (Å²) >= 11 is 0. The predicted molar refractivity (Wildman–Crippen MR) is 111 cm³/mol. The fourth-order valence-electron chi connectivity index (χ4n) is 3.65. The summed E-state index contributed by atoms with van der Waals surface area (Å²) in [5.41, 5.74) is 1.33. The number of rotatable bonds is 5. The summed E-state index contributed by atoms with van der Waals surface area (Å²) in [6.07, 6.45) is -4.80. The second kappa shape index (κ2) is 8.03. The Kier molecular flexibility index (Phi) is 5.37. The summed E-state index contributed by atoms with van der Waals surface area (Å²) in [6, 6.07) is 10.7. The Morgan fingerprint density at radius 1 is 1.22 bits per heavy atom. The molecule has 0 fully saturated rings. The van der Waals surface area contributed by atoms with Crippen LogP contribution in [0.4, 0.5) is 24.7 Å². The van der Waals surface area contributed by atoms with E-state index in [9.17, 15) is 22.8 Å². The lowest BCUT2D eigenvalue weighted by Crippen LogP contribution is -2.24. The fraction of sp³-hybridized carbons (Fsp3) is 0.227. The predicted octanol–water partition coefficient (Wildman–Crippen LogP) is 4.41. The molecule has 10 heteroatoms. The topological polar surface area (TPSA) is 85.2 Å². The molecule has 2 heterocycles. The molecule has 166 valence electrons. The van der Waals surface area contributed by atoms with Gasteiger partial charge in [0.2, 0.25) is 5.91 Å². The monoisotopic (exact) mass is 444 g/mol. The van der Waals surface area contributed by atoms with E-state index < -0.39 is 29.6 Å². The minimum Gasteiger partial charge on any atom is -0.497 e. The molecule has 1 unspecified atom stereocenters. The van der Waals surface area contributed by atoms with E-state index in [4.69, 9.17) is 4.74 Å². The van der Waals surface area contributed by atoms with E-state index in [0.29, 0.717) is 17.3 Å². The number of anilines is 2. The van der Waals surface area contributed by atoms with E-state index in [1.165, 1.54) is 16.8 Å². The van der Waals surface area contributed by atoms with Crippen molar-refractivity contribution in [3.8, 4) is 16.9 Å². The van der Waals surface area contributed by atoms with Crippen LogP contribution < -0.4 is 15.4 Å². The molecular weight excluding hydrogens is 425 g/mol. The van der Waals surface area contributed by atoms with Crippen molar-refractivity contribution in [3.63, 3.8) is 0 Å². The van der Waals surface area contributed by atoms with Crippen LogP contribution in [-0.2, 0) is 15.8 Å². The van der Waals surface area contributed by atoms with Gasteiger partial charge >= 0.3 is 6.18 Å².